The average molecular weight is 730 g/mol. The third-order valence-electron chi connectivity index (χ3n) is 8.03. The molecule has 0 saturated carbocycles. The smallest absolute Gasteiger partial charge is 0.359 e. The number of aliphatic carboxylic acids is 2. The summed E-state index contributed by atoms with van der Waals surface area (Å²) in [5.41, 5.74) is 0.636. The number of β-lactam (4-membered cyclic amide) rings is 1. The van der Waals surface area contributed by atoms with Crippen molar-refractivity contribution in [2.24, 2.45) is 0 Å². The van der Waals surface area contributed by atoms with Gasteiger partial charge in [-0.2, -0.15) is 0 Å². The van der Waals surface area contributed by atoms with Gasteiger partial charge < -0.3 is 24.7 Å². The number of carboxylic acids is 2. The van der Waals surface area contributed by atoms with Crippen LogP contribution in [0.25, 0.3) is 0 Å². The van der Waals surface area contributed by atoms with Gasteiger partial charge in [-0.05, 0) is 23.8 Å². The van der Waals surface area contributed by atoms with Gasteiger partial charge in [-0.1, -0.05) is 23.2 Å². The molecule has 2 atom stereocenters. The number of quaternary nitrogens is 1. The Hall–Kier alpha value is -2.46. The van der Waals surface area contributed by atoms with Gasteiger partial charge in [0.05, 0.1) is 37.0 Å². The number of pyridine rings is 1. The summed E-state index contributed by atoms with van der Waals surface area (Å²) in [5, 5.41) is 22.6. The summed E-state index contributed by atoms with van der Waals surface area (Å²) in [6, 6.07) is 8.11. The van der Waals surface area contributed by atoms with Crippen LogP contribution < -0.4 is 9.88 Å². The number of hydrogen-bond acceptors (Lipinski definition) is 8. The largest absolute Gasteiger partial charge is 0.477 e. The number of fused-ring (bicyclic) bond motifs is 1. The highest BCUT2D eigenvalue weighted by Crippen LogP contribution is 2.41. The summed E-state index contributed by atoms with van der Waals surface area (Å²) in [6.07, 6.45) is 4.76. The van der Waals surface area contributed by atoms with E-state index in [0.29, 0.717) is 62.8 Å². The van der Waals surface area contributed by atoms with Crippen molar-refractivity contribution < 1.29 is 43.2 Å². The number of carbonyl (C=O) groups excluding carboxylic acids is 2. The molecule has 5 rings (SSSR count). The molecule has 2 aromatic rings. The number of rotatable bonds is 14. The molecule has 2 saturated heterocycles. The molecule has 16 heteroatoms. The van der Waals surface area contributed by atoms with Crippen molar-refractivity contribution in [3.63, 3.8) is 0 Å². The van der Waals surface area contributed by atoms with Crippen molar-refractivity contribution in [1.29, 1.82) is 0 Å². The highest BCUT2D eigenvalue weighted by molar-refractivity contribution is 8.01. The Labute approximate surface area is 289 Å². The fraction of sp³-hybridized carbons (Fsp3) is 0.433. The lowest BCUT2D eigenvalue weighted by Crippen LogP contribution is -2.70. The van der Waals surface area contributed by atoms with Crippen molar-refractivity contribution in [3.8, 4) is 0 Å². The number of nitrogens with one attached hydrogen (secondary N) is 1. The monoisotopic (exact) mass is 728 g/mol. The Morgan fingerprint density at radius 2 is 1.85 bits per heavy atom. The molecule has 46 heavy (non-hydrogen) atoms. The molecule has 0 aliphatic carbocycles. The van der Waals surface area contributed by atoms with Crippen molar-refractivity contribution in [2.45, 2.75) is 34.2 Å². The van der Waals surface area contributed by atoms with Gasteiger partial charge in [-0.15, -0.1) is 35.3 Å². The number of amides is 2. The van der Waals surface area contributed by atoms with Gasteiger partial charge in [0.15, 0.2) is 25.5 Å². The molecule has 3 aliphatic heterocycles. The van der Waals surface area contributed by atoms with Crippen LogP contribution in [0.4, 0.5) is 0 Å². The number of carbonyl (C=O) groups is 4. The topological polar surface area (TPSA) is 137 Å². The first-order valence-corrected chi connectivity index (χ1v) is 18.4. The number of ether oxygens (including phenoxy) is 1. The van der Waals surface area contributed by atoms with Gasteiger partial charge in [0, 0.05) is 38.5 Å². The Kier molecular flexibility index (Phi) is 11.8. The van der Waals surface area contributed by atoms with Crippen molar-refractivity contribution >= 4 is 82.2 Å². The summed E-state index contributed by atoms with van der Waals surface area (Å²) in [5.74, 6) is -1.90. The van der Waals surface area contributed by atoms with E-state index in [1.54, 1.807) is 18.2 Å². The highest BCUT2D eigenvalue weighted by Gasteiger charge is 2.54. The molecule has 1 aromatic heterocycles. The fourth-order valence-corrected chi connectivity index (χ4v) is 9.34. The third-order valence-corrected chi connectivity index (χ3v) is 12.2. The van der Waals surface area contributed by atoms with Gasteiger partial charge in [-0.25, -0.2) is 14.2 Å². The van der Waals surface area contributed by atoms with Crippen LogP contribution >= 0.6 is 58.5 Å². The van der Waals surface area contributed by atoms with Crippen molar-refractivity contribution in [2.75, 3.05) is 56.7 Å². The Morgan fingerprint density at radius 1 is 1.11 bits per heavy atom. The van der Waals surface area contributed by atoms with Crippen LogP contribution in [0.3, 0.4) is 0 Å². The number of halogens is 2. The summed E-state index contributed by atoms with van der Waals surface area (Å²) in [4.78, 5) is 52.3. The van der Waals surface area contributed by atoms with Crippen LogP contribution in [0, 0.1) is 0 Å². The summed E-state index contributed by atoms with van der Waals surface area (Å²) < 4.78 is 8.03. The van der Waals surface area contributed by atoms with E-state index in [0.717, 1.165) is 24.4 Å². The van der Waals surface area contributed by atoms with E-state index in [1.807, 2.05) is 24.5 Å². The second kappa shape index (κ2) is 15.6. The number of aromatic nitrogens is 1. The number of morpholine rings is 1. The molecule has 11 nitrogen and oxygen atoms in total. The van der Waals surface area contributed by atoms with Gasteiger partial charge >= 0.3 is 11.9 Å². The Balaban J connectivity index is 1.12. The van der Waals surface area contributed by atoms with Crippen LogP contribution in [0.15, 0.2) is 63.8 Å². The first-order chi connectivity index (χ1) is 22.0. The lowest BCUT2D eigenvalue weighted by atomic mass is 10.0. The number of carboxylic acid groups (broad SMARTS) is 2. The molecule has 2 amide bonds. The zero-order valence-corrected chi connectivity index (χ0v) is 28.7. The van der Waals surface area contributed by atoms with E-state index < -0.39 is 29.3 Å². The summed E-state index contributed by atoms with van der Waals surface area (Å²) >= 11 is 16.3. The number of benzene rings is 1. The number of thioether (sulfide) groups is 3. The molecule has 0 radical (unpaired) electrons. The molecule has 0 spiro atoms. The lowest BCUT2D eigenvalue weighted by Gasteiger charge is -2.49. The molecule has 3 aliphatic rings. The predicted molar refractivity (Wildman–Crippen MR) is 177 cm³/mol. The second-order valence-electron chi connectivity index (χ2n) is 11.2. The van der Waals surface area contributed by atoms with E-state index in [9.17, 15) is 29.4 Å². The number of nitrogens with zero attached hydrogens (tertiary/aromatic N) is 3. The molecule has 2 fully saturated rings. The van der Waals surface area contributed by atoms with Crippen molar-refractivity contribution in [3.05, 3.63) is 64.0 Å². The predicted octanol–water partition coefficient (Wildman–Crippen LogP) is 3.23. The van der Waals surface area contributed by atoms with Gasteiger partial charge in [-0.3, -0.25) is 14.5 Å². The van der Waals surface area contributed by atoms with Crippen LogP contribution in [-0.4, -0.2) is 111 Å². The summed E-state index contributed by atoms with van der Waals surface area (Å²) in [6.45, 7) is 4.19. The molecule has 1 aromatic carbocycles. The maximum Gasteiger partial charge on any atom is 0.359 e. The average Bonchev–Trinajstić information content (AvgIpc) is 3.03. The van der Waals surface area contributed by atoms with E-state index in [2.05, 4.69) is 9.88 Å². The maximum absolute atomic E-state index is 13.0. The van der Waals surface area contributed by atoms with Crippen LogP contribution in [-0.2, 0) is 30.5 Å². The lowest BCUT2D eigenvalue weighted by molar-refractivity contribution is -0.930. The van der Waals surface area contributed by atoms with Gasteiger partial charge in [0.1, 0.15) is 30.2 Å². The third kappa shape index (κ3) is 8.52. The zero-order valence-electron chi connectivity index (χ0n) is 24.7. The maximum atomic E-state index is 13.0. The minimum absolute atomic E-state index is 0.0145. The van der Waals surface area contributed by atoms with Gasteiger partial charge in [0.25, 0.3) is 5.91 Å². The van der Waals surface area contributed by atoms with E-state index in [1.165, 1.54) is 40.2 Å². The SMILES string of the molecule is O=C(O)C[N+]1(CCC[n+]2ccc(SCC3=C(C(=O)O)N4C(=O)C(NC(=O)CSc5cc(Cl)ccc5Cl)C4SC3)cc2)CCOCC1. The summed E-state index contributed by atoms with van der Waals surface area (Å²) in [7, 11) is 0. The molecule has 4 heterocycles. The molecule has 0 bridgehead atoms. The molecule has 246 valence electrons. The fourth-order valence-electron chi connectivity index (χ4n) is 5.67. The van der Waals surface area contributed by atoms with E-state index in [4.69, 9.17) is 27.9 Å². The van der Waals surface area contributed by atoms with Crippen LogP contribution in [0.5, 0.6) is 0 Å². The molecule has 3 N–H and O–H groups in total. The molecular formula is C30H34Cl2N4O7S3+2. The minimum Gasteiger partial charge on any atom is -0.477 e. The van der Waals surface area contributed by atoms with E-state index >= 15 is 0 Å². The van der Waals surface area contributed by atoms with Crippen LogP contribution in [0.1, 0.15) is 6.42 Å². The second-order valence-corrected chi connectivity index (χ2v) is 15.2. The quantitative estimate of drug-likeness (QED) is 0.115. The normalized spacial score (nSPS) is 20.6. The first kappa shape index (κ1) is 34.9. The molecule has 2 unspecified atom stereocenters. The number of aryl methyl sites for hydroxylation is 1. The highest BCUT2D eigenvalue weighted by atomic mass is 35.5. The minimum atomic E-state index is -1.17. The first-order valence-electron chi connectivity index (χ1n) is 14.6. The standard InChI is InChI=1S/C30H32Cl2N4O7S3/c31-20-2-3-22(32)23(14-20)45-18-24(37)33-26-28(40)35-27(30(41)42)19(17-46-29(26)35)16-44-21-4-7-34(8-5-21)6-1-9-36(15-25(38)39)10-12-43-13-11-36/h2-5,7-8,14,26,29H,1,6,9-13,15-18H2,(H-2,33,37,38,39,41,42)/p+2. The van der Waals surface area contributed by atoms with Gasteiger partial charge in [0.2, 0.25) is 5.91 Å². The van der Waals surface area contributed by atoms with E-state index in [-0.39, 0.29) is 23.9 Å². The Bertz CT molecular complexity index is 1520. The Morgan fingerprint density at radius 3 is 2.54 bits per heavy atom. The zero-order chi connectivity index (χ0) is 32.8. The number of hydrogen-bond donors (Lipinski definition) is 3. The van der Waals surface area contributed by atoms with Crippen molar-refractivity contribution in [1.82, 2.24) is 10.2 Å². The van der Waals surface area contributed by atoms with Crippen LogP contribution in [0.2, 0.25) is 10.0 Å². The molecular weight excluding hydrogens is 695 g/mol.